The zero-order chi connectivity index (χ0) is 18.2. The lowest BCUT2D eigenvalue weighted by Crippen LogP contribution is -2.07. The molecule has 0 bridgehead atoms. The molecule has 0 aliphatic rings. The molecule has 9 heteroatoms. The van der Waals surface area contributed by atoms with Gasteiger partial charge in [-0.15, -0.1) is 11.3 Å². The van der Waals surface area contributed by atoms with Crippen LogP contribution in [0.5, 0.6) is 5.75 Å². The minimum Gasteiger partial charge on any atom is -0.492 e. The van der Waals surface area contributed by atoms with Crippen LogP contribution in [0.3, 0.4) is 0 Å². The first-order valence-electron chi connectivity index (χ1n) is 7.54. The molecule has 2 rings (SSSR count). The molecule has 6 nitrogen and oxygen atoms in total. The SMILES string of the molecule is CCOC(=O)Cc1csc(NN=Cc2cc(Br)cc(I)c2OCC)n1. The maximum atomic E-state index is 11.5. The third kappa shape index (κ3) is 6.23. The van der Waals surface area contributed by atoms with E-state index in [0.29, 0.717) is 24.0 Å². The van der Waals surface area contributed by atoms with Crippen LogP contribution in [-0.2, 0) is 16.0 Å². The highest BCUT2D eigenvalue weighted by Gasteiger charge is 2.09. The van der Waals surface area contributed by atoms with Gasteiger partial charge in [0.05, 0.1) is 35.1 Å². The normalized spacial score (nSPS) is 10.9. The van der Waals surface area contributed by atoms with E-state index in [0.717, 1.165) is 19.4 Å². The molecule has 1 aromatic heterocycles. The van der Waals surface area contributed by atoms with Gasteiger partial charge in [-0.25, -0.2) is 4.98 Å². The second kappa shape index (κ2) is 10.1. The highest BCUT2D eigenvalue weighted by molar-refractivity contribution is 14.1. The molecule has 0 atom stereocenters. The standard InChI is InChI=1S/C16H17BrIN3O3S/c1-3-23-14(22)7-12-9-25-16(20-12)21-19-8-10-5-11(17)6-13(18)15(10)24-4-2/h5-6,8-9H,3-4,7H2,1-2H3,(H,20,21). The van der Waals surface area contributed by atoms with Crippen LogP contribution in [-0.4, -0.2) is 30.4 Å². The molecule has 0 unspecified atom stereocenters. The molecular weight excluding hydrogens is 521 g/mol. The number of hydrazone groups is 1. The molecule has 0 saturated carbocycles. The fourth-order valence-corrected chi connectivity index (χ4v) is 4.29. The number of thiazole rings is 1. The molecule has 0 saturated heterocycles. The number of ether oxygens (including phenoxy) is 2. The van der Waals surface area contributed by atoms with Crippen molar-refractivity contribution in [1.82, 2.24) is 4.98 Å². The molecule has 1 heterocycles. The van der Waals surface area contributed by atoms with Gasteiger partial charge >= 0.3 is 5.97 Å². The zero-order valence-electron chi connectivity index (χ0n) is 13.7. The van der Waals surface area contributed by atoms with Crippen LogP contribution in [0, 0.1) is 3.57 Å². The Kier molecular flexibility index (Phi) is 8.10. The molecule has 0 spiro atoms. The number of rotatable bonds is 8. The summed E-state index contributed by atoms with van der Waals surface area (Å²) in [6.45, 7) is 4.67. The zero-order valence-corrected chi connectivity index (χ0v) is 18.3. The van der Waals surface area contributed by atoms with Gasteiger partial charge < -0.3 is 9.47 Å². The molecule has 0 aliphatic carbocycles. The van der Waals surface area contributed by atoms with Crippen molar-refractivity contribution < 1.29 is 14.3 Å². The average molecular weight is 538 g/mol. The van der Waals surface area contributed by atoms with Crippen molar-refractivity contribution in [2.24, 2.45) is 5.10 Å². The Balaban J connectivity index is 2.04. The molecule has 134 valence electrons. The number of hydrogen-bond acceptors (Lipinski definition) is 7. The Labute approximate surface area is 172 Å². The lowest BCUT2D eigenvalue weighted by molar-refractivity contribution is -0.142. The minimum absolute atomic E-state index is 0.161. The fourth-order valence-electron chi connectivity index (χ4n) is 1.93. The lowest BCUT2D eigenvalue weighted by atomic mass is 10.2. The number of carbonyl (C=O) groups excluding carboxylic acids is 1. The summed E-state index contributed by atoms with van der Waals surface area (Å²) < 4.78 is 12.5. The lowest BCUT2D eigenvalue weighted by Gasteiger charge is -2.10. The molecule has 0 aliphatic heterocycles. The Morgan fingerprint density at radius 2 is 2.24 bits per heavy atom. The Morgan fingerprint density at radius 3 is 2.96 bits per heavy atom. The minimum atomic E-state index is -0.284. The first kappa shape index (κ1) is 20.1. The Hall–Kier alpha value is -1.20. The van der Waals surface area contributed by atoms with E-state index in [4.69, 9.17) is 9.47 Å². The monoisotopic (exact) mass is 537 g/mol. The summed E-state index contributed by atoms with van der Waals surface area (Å²) in [5, 5.41) is 6.64. The van der Waals surface area contributed by atoms with E-state index in [1.165, 1.54) is 11.3 Å². The summed E-state index contributed by atoms with van der Waals surface area (Å²) in [6, 6.07) is 3.92. The van der Waals surface area contributed by atoms with Gasteiger partial charge in [-0.05, 0) is 48.6 Å². The number of halogens is 2. The first-order chi connectivity index (χ1) is 12.0. The maximum Gasteiger partial charge on any atom is 0.311 e. The number of nitrogens with one attached hydrogen (secondary N) is 1. The largest absolute Gasteiger partial charge is 0.492 e. The number of nitrogens with zero attached hydrogens (tertiary/aromatic N) is 2. The number of benzene rings is 1. The van der Waals surface area contributed by atoms with Gasteiger partial charge in [0.25, 0.3) is 0 Å². The van der Waals surface area contributed by atoms with E-state index in [1.54, 1.807) is 13.1 Å². The highest BCUT2D eigenvalue weighted by Crippen LogP contribution is 2.29. The van der Waals surface area contributed by atoms with E-state index < -0.39 is 0 Å². The number of esters is 1. The van der Waals surface area contributed by atoms with Crippen molar-refractivity contribution in [2.45, 2.75) is 20.3 Å². The van der Waals surface area contributed by atoms with Gasteiger partial charge in [0.2, 0.25) is 5.13 Å². The number of anilines is 1. The van der Waals surface area contributed by atoms with Gasteiger partial charge in [-0.1, -0.05) is 15.9 Å². The van der Waals surface area contributed by atoms with Crippen molar-refractivity contribution in [3.05, 3.63) is 36.8 Å². The molecule has 0 fully saturated rings. The van der Waals surface area contributed by atoms with Gasteiger partial charge in [-0.3, -0.25) is 10.2 Å². The third-order valence-electron chi connectivity index (χ3n) is 2.87. The first-order valence-corrected chi connectivity index (χ1v) is 10.3. The van der Waals surface area contributed by atoms with Gasteiger partial charge in [-0.2, -0.15) is 5.10 Å². The predicted molar refractivity (Wildman–Crippen MR) is 112 cm³/mol. The van der Waals surface area contributed by atoms with E-state index in [1.807, 2.05) is 24.4 Å². The smallest absolute Gasteiger partial charge is 0.311 e. The fraction of sp³-hybridized carbons (Fsp3) is 0.312. The van der Waals surface area contributed by atoms with Crippen LogP contribution in [0.15, 0.2) is 27.1 Å². The summed E-state index contributed by atoms with van der Waals surface area (Å²) in [5.74, 6) is 0.506. The molecule has 25 heavy (non-hydrogen) atoms. The molecule has 1 N–H and O–H groups in total. The molecule has 1 aromatic carbocycles. The highest BCUT2D eigenvalue weighted by atomic mass is 127. The number of hydrogen-bond donors (Lipinski definition) is 1. The van der Waals surface area contributed by atoms with Crippen molar-refractivity contribution in [3.63, 3.8) is 0 Å². The van der Waals surface area contributed by atoms with Crippen molar-refractivity contribution in [3.8, 4) is 5.75 Å². The summed E-state index contributed by atoms with van der Waals surface area (Å²) in [7, 11) is 0. The van der Waals surface area contributed by atoms with E-state index in [2.05, 4.69) is 54.0 Å². The maximum absolute atomic E-state index is 11.5. The van der Waals surface area contributed by atoms with Gasteiger partial charge in [0, 0.05) is 15.4 Å². The van der Waals surface area contributed by atoms with E-state index in [-0.39, 0.29) is 12.4 Å². The topological polar surface area (TPSA) is 72.8 Å². The van der Waals surface area contributed by atoms with E-state index in [9.17, 15) is 4.79 Å². The molecule has 0 radical (unpaired) electrons. The van der Waals surface area contributed by atoms with Crippen LogP contribution >= 0.6 is 49.9 Å². The third-order valence-corrected chi connectivity index (χ3v) is 4.93. The number of carbonyl (C=O) groups is 1. The van der Waals surface area contributed by atoms with Crippen LogP contribution in [0.4, 0.5) is 5.13 Å². The second-order valence-corrected chi connectivity index (χ2v) is 7.67. The Morgan fingerprint density at radius 1 is 1.44 bits per heavy atom. The Bertz CT molecular complexity index is 767. The van der Waals surface area contributed by atoms with E-state index >= 15 is 0 Å². The molecular formula is C16H17BrIN3O3S. The van der Waals surface area contributed by atoms with Crippen molar-refractivity contribution >= 4 is 67.2 Å². The predicted octanol–water partition coefficient (Wildman–Crippen LogP) is 4.46. The van der Waals surface area contributed by atoms with Crippen LogP contribution in [0.2, 0.25) is 0 Å². The molecule has 2 aromatic rings. The van der Waals surface area contributed by atoms with Crippen LogP contribution < -0.4 is 10.2 Å². The van der Waals surface area contributed by atoms with Crippen LogP contribution in [0.1, 0.15) is 25.1 Å². The second-order valence-electron chi connectivity index (χ2n) is 4.73. The summed E-state index contributed by atoms with van der Waals surface area (Å²) in [6.07, 6.45) is 1.85. The average Bonchev–Trinajstić information content (AvgIpc) is 2.98. The summed E-state index contributed by atoms with van der Waals surface area (Å²) in [5.41, 5.74) is 4.40. The van der Waals surface area contributed by atoms with Crippen molar-refractivity contribution in [1.29, 1.82) is 0 Å². The quantitative estimate of drug-likeness (QED) is 0.233. The summed E-state index contributed by atoms with van der Waals surface area (Å²) in [4.78, 5) is 15.8. The van der Waals surface area contributed by atoms with Crippen molar-refractivity contribution in [2.75, 3.05) is 18.6 Å². The number of aromatic nitrogens is 1. The van der Waals surface area contributed by atoms with Gasteiger partial charge in [0.15, 0.2) is 0 Å². The molecule has 0 amide bonds. The summed E-state index contributed by atoms with van der Waals surface area (Å²) >= 11 is 7.09. The van der Waals surface area contributed by atoms with Crippen LogP contribution in [0.25, 0.3) is 0 Å². The van der Waals surface area contributed by atoms with Gasteiger partial charge in [0.1, 0.15) is 5.75 Å².